The molecule has 4 rings (SSSR count). The number of hydrogen-bond donors (Lipinski definition) is 2. The number of phenols is 2. The van der Waals surface area contributed by atoms with Gasteiger partial charge in [0, 0.05) is 8.95 Å². The summed E-state index contributed by atoms with van der Waals surface area (Å²) in [6, 6.07) is 26.7. The molecule has 0 spiro atoms. The third kappa shape index (κ3) is 5.98. The second kappa shape index (κ2) is 11.3. The van der Waals surface area contributed by atoms with Gasteiger partial charge in [-0.1, -0.05) is 80.4 Å². The molecule has 0 aromatic heterocycles. The van der Waals surface area contributed by atoms with Crippen molar-refractivity contribution in [2.75, 3.05) is 0 Å². The van der Waals surface area contributed by atoms with Crippen LogP contribution in [0.15, 0.2) is 104 Å². The molecule has 0 amide bonds. The molecule has 0 aliphatic carbocycles. The van der Waals surface area contributed by atoms with Crippen molar-refractivity contribution in [1.82, 2.24) is 0 Å². The van der Waals surface area contributed by atoms with Gasteiger partial charge in [0.2, 0.25) is 0 Å². The zero-order valence-electron chi connectivity index (χ0n) is 18.4. The van der Waals surface area contributed by atoms with Gasteiger partial charge in [-0.2, -0.15) is 0 Å². The Balaban J connectivity index is 1.53. The van der Waals surface area contributed by atoms with Crippen molar-refractivity contribution in [3.8, 4) is 11.5 Å². The minimum atomic E-state index is -1.71. The van der Waals surface area contributed by atoms with Gasteiger partial charge in [-0.3, -0.25) is 0 Å². The molecule has 4 aromatic carbocycles. The summed E-state index contributed by atoms with van der Waals surface area (Å²) >= 11 is 6.97. The zero-order valence-corrected chi connectivity index (χ0v) is 22.4. The van der Waals surface area contributed by atoms with Gasteiger partial charge in [-0.25, -0.2) is 4.21 Å². The molecule has 4 aromatic rings. The molecule has 0 aliphatic rings. The van der Waals surface area contributed by atoms with Gasteiger partial charge in [0.1, 0.15) is 11.5 Å². The van der Waals surface area contributed by atoms with E-state index in [-0.39, 0.29) is 11.5 Å². The van der Waals surface area contributed by atoms with Crippen molar-refractivity contribution in [2.45, 2.75) is 35.5 Å². The SMILES string of the molecule is O=S(c1cccc(CCc2cccc(Br)c2)c1O)c1cccc(CCc2cccc(Br)c2)c1O. The molecule has 0 heterocycles. The lowest BCUT2D eigenvalue weighted by Gasteiger charge is -2.13. The Morgan fingerprint density at radius 3 is 1.41 bits per heavy atom. The van der Waals surface area contributed by atoms with Crippen molar-refractivity contribution in [1.29, 1.82) is 0 Å². The van der Waals surface area contributed by atoms with Crippen LogP contribution in [0.4, 0.5) is 0 Å². The maximum Gasteiger partial charge on any atom is 0.135 e. The predicted molar refractivity (Wildman–Crippen MR) is 144 cm³/mol. The number of para-hydroxylation sites is 2. The molecule has 3 nitrogen and oxygen atoms in total. The molecule has 0 aliphatic heterocycles. The third-order valence-corrected chi connectivity index (χ3v) is 8.15. The van der Waals surface area contributed by atoms with Gasteiger partial charge in [0.05, 0.1) is 20.6 Å². The van der Waals surface area contributed by atoms with E-state index in [4.69, 9.17) is 0 Å². The standard InChI is InChI=1S/C28H24Br2O3S/c29-23-9-1-5-19(17-23)13-15-21-7-3-11-25(27(21)31)34(33)26-12-4-8-22(28(26)32)16-14-20-6-2-10-24(30)18-20/h1-12,17-18,31-32H,13-16H2. The van der Waals surface area contributed by atoms with Gasteiger partial charge in [-0.15, -0.1) is 0 Å². The monoisotopic (exact) mass is 598 g/mol. The van der Waals surface area contributed by atoms with E-state index in [1.165, 1.54) is 0 Å². The Bertz CT molecular complexity index is 1240. The van der Waals surface area contributed by atoms with E-state index in [1.54, 1.807) is 24.3 Å². The fraction of sp³-hybridized carbons (Fsp3) is 0.143. The minimum absolute atomic E-state index is 0.0229. The highest BCUT2D eigenvalue weighted by Gasteiger charge is 2.19. The molecule has 0 radical (unpaired) electrons. The smallest absolute Gasteiger partial charge is 0.135 e. The molecular formula is C28H24Br2O3S. The number of phenolic OH excluding ortho intramolecular Hbond substituents is 2. The summed E-state index contributed by atoms with van der Waals surface area (Å²) in [7, 11) is -1.71. The summed E-state index contributed by atoms with van der Waals surface area (Å²) < 4.78 is 15.4. The van der Waals surface area contributed by atoms with Crippen molar-refractivity contribution < 1.29 is 14.4 Å². The molecule has 0 bridgehead atoms. The first-order valence-corrected chi connectivity index (χ1v) is 13.7. The van der Waals surface area contributed by atoms with E-state index in [0.717, 1.165) is 44.0 Å². The molecule has 6 heteroatoms. The Hall–Kier alpha value is -2.41. The summed E-state index contributed by atoms with van der Waals surface area (Å²) in [4.78, 5) is 0.623. The van der Waals surface area contributed by atoms with Crippen LogP contribution in [0, 0.1) is 0 Å². The lowest BCUT2D eigenvalue weighted by atomic mass is 10.0. The van der Waals surface area contributed by atoms with Crippen LogP contribution >= 0.6 is 31.9 Å². The number of aryl methyl sites for hydroxylation is 4. The second-order valence-corrected chi connectivity index (χ2v) is 11.3. The molecule has 2 N–H and O–H groups in total. The van der Waals surface area contributed by atoms with Crippen LogP contribution in [0.1, 0.15) is 22.3 Å². The predicted octanol–water partition coefficient (Wildman–Crippen LogP) is 7.36. The fourth-order valence-corrected chi connectivity index (χ4v) is 6.05. The van der Waals surface area contributed by atoms with Gasteiger partial charge in [-0.05, 0) is 84.3 Å². The van der Waals surface area contributed by atoms with E-state index in [2.05, 4.69) is 44.0 Å². The Morgan fingerprint density at radius 1 is 0.588 bits per heavy atom. The van der Waals surface area contributed by atoms with Gasteiger partial charge >= 0.3 is 0 Å². The normalized spacial score (nSPS) is 11.1. The maximum atomic E-state index is 13.4. The van der Waals surface area contributed by atoms with Crippen LogP contribution in [0.2, 0.25) is 0 Å². The molecular weight excluding hydrogens is 576 g/mol. The third-order valence-electron chi connectivity index (χ3n) is 5.71. The summed E-state index contributed by atoms with van der Waals surface area (Å²) in [6.07, 6.45) is 2.73. The summed E-state index contributed by atoms with van der Waals surface area (Å²) in [5.74, 6) is 0.0459. The van der Waals surface area contributed by atoms with E-state index >= 15 is 0 Å². The highest BCUT2D eigenvalue weighted by molar-refractivity contribution is 9.10. The van der Waals surface area contributed by atoms with Crippen LogP contribution in [0.3, 0.4) is 0 Å². The average Bonchev–Trinajstić information content (AvgIpc) is 2.82. The fourth-order valence-electron chi connectivity index (χ4n) is 3.90. The summed E-state index contributed by atoms with van der Waals surface area (Å²) in [5, 5.41) is 21.8. The van der Waals surface area contributed by atoms with E-state index in [1.807, 2.05) is 48.5 Å². The topological polar surface area (TPSA) is 57.5 Å². The molecule has 0 atom stereocenters. The molecule has 34 heavy (non-hydrogen) atoms. The van der Waals surface area contributed by atoms with Crippen LogP contribution in [-0.2, 0) is 36.5 Å². The van der Waals surface area contributed by atoms with Crippen LogP contribution in [-0.4, -0.2) is 14.4 Å². The van der Waals surface area contributed by atoms with Crippen LogP contribution in [0.5, 0.6) is 11.5 Å². The van der Waals surface area contributed by atoms with Crippen molar-refractivity contribution >= 4 is 42.7 Å². The van der Waals surface area contributed by atoms with Gasteiger partial charge < -0.3 is 10.2 Å². The van der Waals surface area contributed by atoms with Gasteiger partial charge in [0.15, 0.2) is 0 Å². The lowest BCUT2D eigenvalue weighted by molar-refractivity contribution is 0.450. The minimum Gasteiger partial charge on any atom is -0.506 e. The lowest BCUT2D eigenvalue weighted by Crippen LogP contribution is -2.00. The maximum absolute atomic E-state index is 13.4. The molecule has 0 fully saturated rings. The summed E-state index contributed by atoms with van der Waals surface area (Å²) in [6.45, 7) is 0. The summed E-state index contributed by atoms with van der Waals surface area (Å²) in [5.41, 5.74) is 3.76. The zero-order chi connectivity index (χ0) is 24.1. The Labute approximate surface area is 219 Å². The number of hydrogen-bond acceptors (Lipinski definition) is 3. The molecule has 174 valence electrons. The number of aromatic hydroxyl groups is 2. The van der Waals surface area contributed by atoms with Crippen LogP contribution in [0.25, 0.3) is 0 Å². The average molecular weight is 600 g/mol. The van der Waals surface area contributed by atoms with Crippen molar-refractivity contribution in [2.24, 2.45) is 0 Å². The largest absolute Gasteiger partial charge is 0.506 e. The van der Waals surface area contributed by atoms with E-state index in [0.29, 0.717) is 22.6 Å². The first-order chi connectivity index (χ1) is 16.4. The van der Waals surface area contributed by atoms with E-state index < -0.39 is 10.8 Å². The van der Waals surface area contributed by atoms with E-state index in [9.17, 15) is 14.4 Å². The molecule has 0 saturated carbocycles. The Morgan fingerprint density at radius 2 is 1.00 bits per heavy atom. The number of benzene rings is 4. The Kier molecular flexibility index (Phi) is 8.24. The highest BCUT2D eigenvalue weighted by Crippen LogP contribution is 2.35. The number of rotatable bonds is 8. The highest BCUT2D eigenvalue weighted by atomic mass is 79.9. The molecule has 0 saturated heterocycles. The second-order valence-electron chi connectivity index (χ2n) is 8.06. The van der Waals surface area contributed by atoms with Crippen LogP contribution < -0.4 is 0 Å². The van der Waals surface area contributed by atoms with Crippen molar-refractivity contribution in [3.05, 3.63) is 116 Å². The van der Waals surface area contributed by atoms with Crippen molar-refractivity contribution in [3.63, 3.8) is 0 Å². The quantitative estimate of drug-likeness (QED) is 0.222. The van der Waals surface area contributed by atoms with Gasteiger partial charge in [0.25, 0.3) is 0 Å². The molecule has 0 unspecified atom stereocenters. The first-order valence-electron chi connectivity index (χ1n) is 10.9. The number of halogens is 2. The first kappa shape index (κ1) is 24.7.